The summed E-state index contributed by atoms with van der Waals surface area (Å²) in [6.45, 7) is -0.793. The first-order chi connectivity index (χ1) is 11.5. The van der Waals surface area contributed by atoms with E-state index in [1.54, 1.807) is 18.2 Å². The van der Waals surface area contributed by atoms with Gasteiger partial charge >= 0.3 is 11.9 Å². The largest absolute Gasteiger partial charge is 0.497 e. The average molecular weight is 337 g/mol. The number of rotatable bonds is 8. The highest BCUT2D eigenvalue weighted by atomic mass is 16.5. The second kappa shape index (κ2) is 9.88. The lowest BCUT2D eigenvalue weighted by molar-refractivity contribution is -0.145. The van der Waals surface area contributed by atoms with Gasteiger partial charge in [0.15, 0.2) is 6.61 Å². The highest BCUT2D eigenvalue weighted by Gasteiger charge is 2.08. The van der Waals surface area contributed by atoms with Crippen molar-refractivity contribution in [2.24, 2.45) is 0 Å². The van der Waals surface area contributed by atoms with Crippen molar-refractivity contribution >= 4 is 23.9 Å². The number of carbonyl (C=O) groups is 3. The smallest absolute Gasteiger partial charge is 0.331 e. The van der Waals surface area contributed by atoms with Gasteiger partial charge in [0.1, 0.15) is 18.0 Å². The summed E-state index contributed by atoms with van der Waals surface area (Å²) in [7, 11) is 4.23. The number of carbonyl (C=O) groups excluding carboxylic acids is 3. The molecule has 1 aromatic carbocycles. The van der Waals surface area contributed by atoms with Crippen molar-refractivity contribution in [1.82, 2.24) is 5.32 Å². The number of hydrogen-bond donors (Lipinski definition) is 1. The van der Waals surface area contributed by atoms with Crippen LogP contribution in [-0.2, 0) is 23.9 Å². The fourth-order valence-electron chi connectivity index (χ4n) is 1.61. The van der Waals surface area contributed by atoms with Gasteiger partial charge in [0.05, 0.1) is 21.3 Å². The molecule has 0 aliphatic carbocycles. The van der Waals surface area contributed by atoms with Gasteiger partial charge in [0.2, 0.25) is 0 Å². The fourth-order valence-corrected chi connectivity index (χ4v) is 1.61. The van der Waals surface area contributed by atoms with Gasteiger partial charge in [-0.15, -0.1) is 0 Å². The van der Waals surface area contributed by atoms with Gasteiger partial charge < -0.3 is 24.3 Å². The summed E-state index contributed by atoms with van der Waals surface area (Å²) in [5.74, 6) is -0.768. The quantitative estimate of drug-likeness (QED) is 0.546. The van der Waals surface area contributed by atoms with Crippen LogP contribution in [-0.4, -0.2) is 52.3 Å². The molecule has 0 aliphatic heterocycles. The van der Waals surface area contributed by atoms with Crippen molar-refractivity contribution in [2.75, 3.05) is 34.5 Å². The number of amides is 1. The van der Waals surface area contributed by atoms with Gasteiger partial charge in [-0.2, -0.15) is 0 Å². The van der Waals surface area contributed by atoms with Gasteiger partial charge in [-0.05, 0) is 24.3 Å². The molecule has 0 radical (unpaired) electrons. The van der Waals surface area contributed by atoms with E-state index in [-0.39, 0.29) is 6.54 Å². The first-order valence-corrected chi connectivity index (χ1v) is 6.90. The molecule has 8 heteroatoms. The molecule has 1 rings (SSSR count). The van der Waals surface area contributed by atoms with Crippen LogP contribution in [0.2, 0.25) is 0 Å². The molecule has 130 valence electrons. The summed E-state index contributed by atoms with van der Waals surface area (Å²) in [5, 5.41) is 2.24. The van der Waals surface area contributed by atoms with Crippen LogP contribution in [0, 0.1) is 0 Å². The van der Waals surface area contributed by atoms with E-state index in [1.165, 1.54) is 27.4 Å². The molecule has 0 saturated heterocycles. The summed E-state index contributed by atoms with van der Waals surface area (Å²) in [5.41, 5.74) is 0.615. The molecule has 0 bridgehead atoms. The molecule has 0 saturated carbocycles. The van der Waals surface area contributed by atoms with E-state index in [9.17, 15) is 14.4 Å². The second-order valence-electron chi connectivity index (χ2n) is 4.40. The van der Waals surface area contributed by atoms with E-state index in [4.69, 9.17) is 14.2 Å². The van der Waals surface area contributed by atoms with Gasteiger partial charge in [0.25, 0.3) is 5.91 Å². The van der Waals surface area contributed by atoms with Crippen LogP contribution in [0.1, 0.15) is 5.56 Å². The maximum absolute atomic E-state index is 11.6. The summed E-state index contributed by atoms with van der Waals surface area (Å²) < 4.78 is 19.4. The van der Waals surface area contributed by atoms with Crippen molar-refractivity contribution in [3.8, 4) is 11.5 Å². The summed E-state index contributed by atoms with van der Waals surface area (Å²) >= 11 is 0. The molecule has 0 heterocycles. The van der Waals surface area contributed by atoms with Crippen LogP contribution in [0.5, 0.6) is 11.5 Å². The van der Waals surface area contributed by atoms with Crippen molar-refractivity contribution in [3.05, 3.63) is 29.8 Å². The van der Waals surface area contributed by atoms with E-state index in [0.717, 1.165) is 6.08 Å². The van der Waals surface area contributed by atoms with Crippen molar-refractivity contribution in [3.63, 3.8) is 0 Å². The Morgan fingerprint density at radius 2 is 1.88 bits per heavy atom. The van der Waals surface area contributed by atoms with Crippen molar-refractivity contribution in [2.45, 2.75) is 0 Å². The molecule has 1 aromatic rings. The average Bonchev–Trinajstić information content (AvgIpc) is 2.62. The predicted octanol–water partition coefficient (Wildman–Crippen LogP) is 0.549. The maximum Gasteiger partial charge on any atom is 0.331 e. The summed E-state index contributed by atoms with van der Waals surface area (Å²) in [4.78, 5) is 33.8. The highest BCUT2D eigenvalue weighted by molar-refractivity contribution is 5.90. The van der Waals surface area contributed by atoms with Crippen LogP contribution in [0.25, 0.3) is 6.08 Å². The topological polar surface area (TPSA) is 100 Å². The molecule has 1 amide bonds. The van der Waals surface area contributed by atoms with E-state index < -0.39 is 24.5 Å². The van der Waals surface area contributed by atoms with Crippen molar-refractivity contribution < 1.29 is 33.3 Å². The third-order valence-corrected chi connectivity index (χ3v) is 2.84. The maximum atomic E-state index is 11.6. The number of hydrogen-bond acceptors (Lipinski definition) is 7. The third-order valence-electron chi connectivity index (χ3n) is 2.84. The molecule has 24 heavy (non-hydrogen) atoms. The molecule has 0 spiro atoms. The molecule has 0 aromatic heterocycles. The minimum absolute atomic E-state index is 0.288. The predicted molar refractivity (Wildman–Crippen MR) is 84.6 cm³/mol. The summed E-state index contributed by atoms with van der Waals surface area (Å²) in [6.07, 6.45) is 2.64. The molecule has 0 atom stereocenters. The lowest BCUT2D eigenvalue weighted by Crippen LogP contribution is -2.33. The molecular formula is C16H19NO7. The van der Waals surface area contributed by atoms with Crippen LogP contribution in [0.4, 0.5) is 0 Å². The number of ether oxygens (including phenoxy) is 4. The number of nitrogens with one attached hydrogen (secondary N) is 1. The Labute approximate surface area is 139 Å². The van der Waals surface area contributed by atoms with Crippen LogP contribution in [0.3, 0.4) is 0 Å². The highest BCUT2D eigenvalue weighted by Crippen LogP contribution is 2.25. The van der Waals surface area contributed by atoms with Gasteiger partial charge in [-0.25, -0.2) is 4.79 Å². The zero-order valence-corrected chi connectivity index (χ0v) is 13.7. The van der Waals surface area contributed by atoms with E-state index in [0.29, 0.717) is 17.1 Å². The molecular weight excluding hydrogens is 318 g/mol. The lowest BCUT2D eigenvalue weighted by atomic mass is 10.1. The van der Waals surface area contributed by atoms with E-state index >= 15 is 0 Å². The zero-order valence-electron chi connectivity index (χ0n) is 13.7. The van der Waals surface area contributed by atoms with Crippen molar-refractivity contribution in [1.29, 1.82) is 0 Å². The standard InChI is InChI=1S/C16H19NO7/c1-21-12-5-6-13(22-2)11(8-12)4-7-15(19)24-10-14(18)17-9-16(20)23-3/h4-8H,9-10H2,1-3H3,(H,17,18). The first kappa shape index (κ1) is 19.0. The monoisotopic (exact) mass is 337 g/mol. The number of benzene rings is 1. The second-order valence-corrected chi connectivity index (χ2v) is 4.40. The minimum atomic E-state index is -0.715. The molecule has 0 unspecified atom stereocenters. The Bertz CT molecular complexity index is 625. The Balaban J connectivity index is 2.54. The molecule has 0 aliphatic rings. The van der Waals surface area contributed by atoms with Gasteiger partial charge in [-0.1, -0.05) is 0 Å². The molecule has 8 nitrogen and oxygen atoms in total. The Morgan fingerprint density at radius 3 is 2.50 bits per heavy atom. The van der Waals surface area contributed by atoms with E-state index in [1.807, 2.05) is 0 Å². The normalized spacial score (nSPS) is 10.1. The summed E-state index contributed by atoms with van der Waals surface area (Å²) in [6, 6.07) is 5.11. The molecule has 0 fully saturated rings. The minimum Gasteiger partial charge on any atom is -0.497 e. The lowest BCUT2D eigenvalue weighted by Gasteiger charge is -2.07. The third kappa shape index (κ3) is 6.39. The SMILES string of the molecule is COC(=O)CNC(=O)COC(=O)C=Cc1cc(OC)ccc1OC. The Kier molecular flexibility index (Phi) is 7.83. The number of esters is 2. The van der Waals surface area contributed by atoms with Crippen LogP contribution < -0.4 is 14.8 Å². The van der Waals surface area contributed by atoms with Crippen LogP contribution in [0.15, 0.2) is 24.3 Å². The van der Waals surface area contributed by atoms with Crippen LogP contribution >= 0.6 is 0 Å². The first-order valence-electron chi connectivity index (χ1n) is 6.90. The number of methoxy groups -OCH3 is 3. The zero-order chi connectivity index (χ0) is 17.9. The van der Waals surface area contributed by atoms with Gasteiger partial charge in [-0.3, -0.25) is 9.59 Å². The Hall–Kier alpha value is -3.03. The Morgan fingerprint density at radius 1 is 1.12 bits per heavy atom. The fraction of sp³-hybridized carbons (Fsp3) is 0.312. The molecule has 1 N–H and O–H groups in total. The van der Waals surface area contributed by atoms with Gasteiger partial charge in [0, 0.05) is 11.6 Å². The van der Waals surface area contributed by atoms with E-state index in [2.05, 4.69) is 10.1 Å².